The first-order valence-corrected chi connectivity index (χ1v) is 8.55. The molecule has 0 aliphatic rings. The van der Waals surface area contributed by atoms with Crippen LogP contribution in [0.25, 0.3) is 0 Å². The molecule has 0 N–H and O–H groups in total. The van der Waals surface area contributed by atoms with Crippen molar-refractivity contribution in [1.82, 2.24) is 0 Å². The third-order valence-electron chi connectivity index (χ3n) is 2.77. The molecule has 0 aromatic rings. The van der Waals surface area contributed by atoms with Crippen molar-refractivity contribution in [3.05, 3.63) is 0 Å². The highest BCUT2D eigenvalue weighted by molar-refractivity contribution is 4.83. The molecule has 0 radical (unpaired) electrons. The van der Waals surface area contributed by atoms with Crippen molar-refractivity contribution in [1.29, 1.82) is 0 Å². The van der Waals surface area contributed by atoms with E-state index in [0.29, 0.717) is 0 Å². The molecule has 0 amide bonds. The maximum Gasteiger partial charge on any atom is 0.00860 e. The Morgan fingerprint density at radius 3 is 0.857 bits per heavy atom. The molecule has 120 valence electrons. The van der Waals surface area contributed by atoms with Gasteiger partial charge in [0.1, 0.15) is 0 Å². The molecule has 0 unspecified atom stereocenters. The van der Waals surface area contributed by atoms with Gasteiger partial charge in [0.25, 0.3) is 0 Å². The van der Waals surface area contributed by atoms with Crippen LogP contribution < -0.4 is 0 Å². The topological polar surface area (TPSA) is 0 Å². The molecule has 0 heterocycles. The first kappa shape index (κ1) is 24.7. The van der Waals surface area contributed by atoms with Crippen molar-refractivity contribution >= 4 is 0 Å². The van der Waals surface area contributed by atoms with E-state index >= 15 is 0 Å². The fourth-order valence-electron chi connectivity index (χ4n) is 1.43. The second kappa shape index (κ2) is 31.2. The Hall–Kier alpha value is -1.32. The van der Waals surface area contributed by atoms with Gasteiger partial charge in [-0.05, 0) is 19.3 Å². The van der Waals surface area contributed by atoms with Gasteiger partial charge in [-0.15, -0.1) is 37.0 Å². The molecule has 0 rings (SSSR count). The van der Waals surface area contributed by atoms with Gasteiger partial charge in [-0.2, -0.15) is 0 Å². The zero-order chi connectivity index (χ0) is 16.6. The van der Waals surface area contributed by atoms with Crippen molar-refractivity contribution in [2.75, 3.05) is 0 Å². The molecule has 0 aromatic heterocycles. The van der Waals surface area contributed by atoms with Crippen LogP contribution >= 0.6 is 0 Å². The van der Waals surface area contributed by atoms with Gasteiger partial charge in [0, 0.05) is 19.3 Å². The van der Waals surface area contributed by atoms with E-state index in [0.717, 1.165) is 19.3 Å². The SMILES string of the molecule is C#CCCCCC.C#CCCCCC.C#CCCCCC. The standard InChI is InChI=1S/3C7H12/c3*1-3-5-7-6-4-2/h3*1H,4-7H2,2H3. The zero-order valence-electron chi connectivity index (χ0n) is 14.7. The highest BCUT2D eigenvalue weighted by Gasteiger charge is 1.78. The average Bonchev–Trinajstić information content (AvgIpc) is 2.50. The van der Waals surface area contributed by atoms with Gasteiger partial charge in [0.2, 0.25) is 0 Å². The highest BCUT2D eigenvalue weighted by atomic mass is 13.8. The van der Waals surface area contributed by atoms with Crippen LogP contribution in [0.5, 0.6) is 0 Å². The van der Waals surface area contributed by atoms with Crippen LogP contribution in [0.4, 0.5) is 0 Å². The number of terminal acetylenes is 3. The Morgan fingerprint density at radius 1 is 0.476 bits per heavy atom. The van der Waals surface area contributed by atoms with Crippen LogP contribution in [0.15, 0.2) is 0 Å². The molecule has 0 saturated heterocycles. The molecule has 21 heavy (non-hydrogen) atoms. The van der Waals surface area contributed by atoms with Crippen molar-refractivity contribution in [3.63, 3.8) is 0 Å². The van der Waals surface area contributed by atoms with Gasteiger partial charge in [0.05, 0.1) is 0 Å². The fraction of sp³-hybridized carbons (Fsp3) is 0.714. The van der Waals surface area contributed by atoms with Crippen LogP contribution in [-0.2, 0) is 0 Å². The van der Waals surface area contributed by atoms with E-state index in [1.165, 1.54) is 57.8 Å². The summed E-state index contributed by atoms with van der Waals surface area (Å²) in [6.45, 7) is 6.53. The molecule has 0 bridgehead atoms. The van der Waals surface area contributed by atoms with Crippen LogP contribution in [0, 0.1) is 37.0 Å². The lowest BCUT2D eigenvalue weighted by molar-refractivity contribution is 0.737. The molecule has 0 aliphatic carbocycles. The van der Waals surface area contributed by atoms with Gasteiger partial charge in [-0.1, -0.05) is 59.3 Å². The zero-order valence-corrected chi connectivity index (χ0v) is 14.7. The molecule has 0 aliphatic heterocycles. The Labute approximate surface area is 135 Å². The highest BCUT2D eigenvalue weighted by Crippen LogP contribution is 1.96. The smallest absolute Gasteiger partial charge is 0.00860 e. The first-order chi connectivity index (χ1) is 10.2. The second-order valence-electron chi connectivity index (χ2n) is 4.98. The van der Waals surface area contributed by atoms with Crippen molar-refractivity contribution in [3.8, 4) is 37.0 Å². The monoisotopic (exact) mass is 288 g/mol. The number of hydrogen-bond donors (Lipinski definition) is 0. The minimum Gasteiger partial charge on any atom is -0.120 e. The maximum absolute atomic E-state index is 5.02. The third-order valence-corrected chi connectivity index (χ3v) is 2.77. The lowest BCUT2D eigenvalue weighted by atomic mass is 10.2. The largest absolute Gasteiger partial charge is 0.120 e. The summed E-state index contributed by atoms with van der Waals surface area (Å²) in [6.07, 6.45) is 29.2. The fourth-order valence-corrected chi connectivity index (χ4v) is 1.43. The molecule has 0 fully saturated rings. The predicted molar refractivity (Wildman–Crippen MR) is 98.9 cm³/mol. The minimum absolute atomic E-state index is 0.952. The lowest BCUT2D eigenvalue weighted by Gasteiger charge is -1.86. The maximum atomic E-state index is 5.02. The van der Waals surface area contributed by atoms with Gasteiger partial charge in [0.15, 0.2) is 0 Å². The van der Waals surface area contributed by atoms with E-state index < -0.39 is 0 Å². The molecule has 0 nitrogen and oxygen atoms in total. The minimum atomic E-state index is 0.952. The first-order valence-electron chi connectivity index (χ1n) is 8.55. The number of unbranched alkanes of at least 4 members (excludes halogenated alkanes) is 9. The van der Waals surface area contributed by atoms with E-state index in [1.807, 2.05) is 0 Å². The van der Waals surface area contributed by atoms with Crippen molar-refractivity contribution in [2.24, 2.45) is 0 Å². The van der Waals surface area contributed by atoms with E-state index in [4.69, 9.17) is 19.3 Å². The van der Waals surface area contributed by atoms with E-state index in [2.05, 4.69) is 38.5 Å². The summed E-state index contributed by atoms with van der Waals surface area (Å²) >= 11 is 0. The number of hydrogen-bond acceptors (Lipinski definition) is 0. The third kappa shape index (κ3) is 45.6. The van der Waals surface area contributed by atoms with Crippen LogP contribution in [0.1, 0.15) is 97.8 Å². The van der Waals surface area contributed by atoms with Crippen molar-refractivity contribution in [2.45, 2.75) is 97.8 Å². The average molecular weight is 289 g/mol. The van der Waals surface area contributed by atoms with Gasteiger partial charge in [-0.25, -0.2) is 0 Å². The Kier molecular flexibility index (Phi) is 36.7. The van der Waals surface area contributed by atoms with Crippen LogP contribution in [0.2, 0.25) is 0 Å². The molecule has 0 saturated carbocycles. The molecule has 0 aromatic carbocycles. The normalized spacial score (nSPS) is 8.00. The molecule has 0 spiro atoms. The quantitative estimate of drug-likeness (QED) is 0.331. The molecule has 0 heteroatoms. The second-order valence-corrected chi connectivity index (χ2v) is 4.98. The summed E-state index contributed by atoms with van der Waals surface area (Å²) in [5, 5.41) is 0. The van der Waals surface area contributed by atoms with Gasteiger partial charge in [-0.3, -0.25) is 0 Å². The Morgan fingerprint density at radius 2 is 0.714 bits per heavy atom. The summed E-state index contributed by atoms with van der Waals surface area (Å²) in [5.41, 5.74) is 0. The molecule has 0 atom stereocenters. The summed E-state index contributed by atoms with van der Waals surface area (Å²) in [6, 6.07) is 0. The van der Waals surface area contributed by atoms with Crippen molar-refractivity contribution < 1.29 is 0 Å². The Bertz CT molecular complexity index is 218. The summed E-state index contributed by atoms with van der Waals surface area (Å²) in [5.74, 6) is 7.81. The Balaban J connectivity index is -0.000000231. The summed E-state index contributed by atoms with van der Waals surface area (Å²) in [7, 11) is 0. The summed E-state index contributed by atoms with van der Waals surface area (Å²) < 4.78 is 0. The molecular weight excluding hydrogens is 252 g/mol. The van der Waals surface area contributed by atoms with E-state index in [1.54, 1.807) is 0 Å². The predicted octanol–water partition coefficient (Wildman–Crippen LogP) is 6.60. The van der Waals surface area contributed by atoms with Gasteiger partial charge >= 0.3 is 0 Å². The van der Waals surface area contributed by atoms with Crippen LogP contribution in [0.3, 0.4) is 0 Å². The summed E-state index contributed by atoms with van der Waals surface area (Å²) in [4.78, 5) is 0. The van der Waals surface area contributed by atoms with E-state index in [-0.39, 0.29) is 0 Å². The van der Waals surface area contributed by atoms with Crippen LogP contribution in [-0.4, -0.2) is 0 Å². The van der Waals surface area contributed by atoms with Gasteiger partial charge < -0.3 is 0 Å². The molecular formula is C21H36. The van der Waals surface area contributed by atoms with E-state index in [9.17, 15) is 0 Å². The number of rotatable bonds is 9. The lowest BCUT2D eigenvalue weighted by Crippen LogP contribution is -1.68.